The normalized spacial score (nSPS) is 10.6. The minimum absolute atomic E-state index is 0.209. The lowest BCUT2D eigenvalue weighted by Gasteiger charge is -2.08. The number of benzene rings is 3. The van der Waals surface area contributed by atoms with Gasteiger partial charge < -0.3 is 4.74 Å². The molecule has 1 aromatic heterocycles. The molecule has 0 saturated carbocycles. The van der Waals surface area contributed by atoms with Crippen molar-refractivity contribution >= 4 is 0 Å². The molecule has 30 heavy (non-hydrogen) atoms. The quantitative estimate of drug-likeness (QED) is 0.504. The maximum atomic E-state index is 13.9. The van der Waals surface area contributed by atoms with E-state index in [0.717, 1.165) is 21.4 Å². The molecule has 4 rings (SSSR count). The Morgan fingerprint density at radius 2 is 1.67 bits per heavy atom. The maximum Gasteiger partial charge on any atom is 0.350 e. The predicted molar refractivity (Wildman–Crippen MR) is 105 cm³/mol. The molecule has 0 radical (unpaired) electrons. The zero-order valence-electron chi connectivity index (χ0n) is 15.5. The molecule has 0 fully saturated rings. The van der Waals surface area contributed by atoms with Gasteiger partial charge in [-0.1, -0.05) is 18.2 Å². The number of hydrogen-bond donors (Lipinski definition) is 0. The minimum atomic E-state index is -0.728. The molecular weight excluding hydrogens is 390 g/mol. The van der Waals surface area contributed by atoms with Crippen LogP contribution < -0.4 is 10.4 Å². The van der Waals surface area contributed by atoms with E-state index in [2.05, 4.69) is 11.2 Å². The Bertz CT molecular complexity index is 1280. The summed E-state index contributed by atoms with van der Waals surface area (Å²) in [5.74, 6) is -0.564. The predicted octanol–water partition coefficient (Wildman–Crippen LogP) is 4.02. The number of hydrogen-bond acceptors (Lipinski definition) is 4. The Morgan fingerprint density at radius 3 is 2.37 bits per heavy atom. The molecule has 0 aliphatic heterocycles. The van der Waals surface area contributed by atoms with E-state index in [4.69, 9.17) is 10.00 Å². The first kappa shape index (κ1) is 19.1. The van der Waals surface area contributed by atoms with Gasteiger partial charge in [-0.3, -0.25) is 4.57 Å². The molecule has 0 aliphatic carbocycles. The molecule has 148 valence electrons. The standard InChI is InChI=1S/C22H14F2N4O2/c23-19-5-3-6-20(24)18(19)13-27-14-26-28(22(27)29)16-8-10-17(11-9-16)30-21-7-2-1-4-15(21)12-25/h1-11,14H,13H2. The molecule has 6 nitrogen and oxygen atoms in total. The third-order valence-electron chi connectivity index (χ3n) is 4.44. The van der Waals surface area contributed by atoms with Crippen LogP contribution in [0, 0.1) is 23.0 Å². The van der Waals surface area contributed by atoms with Crippen LogP contribution in [0.3, 0.4) is 0 Å². The van der Waals surface area contributed by atoms with Crippen molar-refractivity contribution in [1.29, 1.82) is 5.26 Å². The van der Waals surface area contributed by atoms with Gasteiger partial charge >= 0.3 is 5.69 Å². The summed E-state index contributed by atoms with van der Waals surface area (Å²) in [7, 11) is 0. The van der Waals surface area contributed by atoms with Crippen molar-refractivity contribution in [3.05, 3.63) is 106 Å². The molecule has 0 spiro atoms. The summed E-state index contributed by atoms with van der Waals surface area (Å²) in [5.41, 5.74) is 0.103. The smallest absolute Gasteiger partial charge is 0.350 e. The van der Waals surface area contributed by atoms with Crippen molar-refractivity contribution in [2.24, 2.45) is 0 Å². The van der Waals surface area contributed by atoms with Crippen molar-refractivity contribution < 1.29 is 13.5 Å². The summed E-state index contributed by atoms with van der Waals surface area (Å²) in [4.78, 5) is 12.6. The lowest BCUT2D eigenvalue weighted by Crippen LogP contribution is -2.24. The number of aromatic nitrogens is 3. The number of halogens is 2. The first-order valence-electron chi connectivity index (χ1n) is 8.91. The molecule has 0 bridgehead atoms. The number of ether oxygens (including phenoxy) is 1. The molecule has 4 aromatic rings. The van der Waals surface area contributed by atoms with Crippen LogP contribution in [0.5, 0.6) is 11.5 Å². The zero-order chi connectivity index (χ0) is 21.1. The minimum Gasteiger partial charge on any atom is -0.456 e. The summed E-state index contributed by atoms with van der Waals surface area (Å²) in [6, 6.07) is 18.9. The number of nitrogens with zero attached hydrogens (tertiary/aromatic N) is 4. The summed E-state index contributed by atoms with van der Waals surface area (Å²) in [6.45, 7) is -0.274. The van der Waals surface area contributed by atoms with E-state index < -0.39 is 17.3 Å². The van der Waals surface area contributed by atoms with Crippen molar-refractivity contribution in [2.45, 2.75) is 6.54 Å². The lowest BCUT2D eigenvalue weighted by molar-refractivity contribution is 0.481. The van der Waals surface area contributed by atoms with Crippen molar-refractivity contribution in [3.8, 4) is 23.3 Å². The topological polar surface area (TPSA) is 72.8 Å². The van der Waals surface area contributed by atoms with Gasteiger partial charge in [0.25, 0.3) is 0 Å². The molecule has 0 unspecified atom stereocenters. The van der Waals surface area contributed by atoms with E-state index in [-0.39, 0.29) is 12.1 Å². The van der Waals surface area contributed by atoms with Gasteiger partial charge in [0.2, 0.25) is 0 Å². The molecule has 0 saturated heterocycles. The van der Waals surface area contributed by atoms with E-state index in [1.54, 1.807) is 48.5 Å². The van der Waals surface area contributed by atoms with Crippen LogP contribution in [0.4, 0.5) is 8.78 Å². The average molecular weight is 404 g/mol. The molecule has 0 atom stereocenters. The van der Waals surface area contributed by atoms with Crippen molar-refractivity contribution in [2.75, 3.05) is 0 Å². The third kappa shape index (κ3) is 3.69. The van der Waals surface area contributed by atoms with E-state index in [0.29, 0.717) is 22.7 Å². The highest BCUT2D eigenvalue weighted by Crippen LogP contribution is 2.25. The summed E-state index contributed by atoms with van der Waals surface area (Å²) in [5, 5.41) is 13.2. The molecule has 8 heteroatoms. The largest absolute Gasteiger partial charge is 0.456 e. The van der Waals surface area contributed by atoms with E-state index in [1.165, 1.54) is 12.4 Å². The fraction of sp³-hybridized carbons (Fsp3) is 0.0455. The Balaban J connectivity index is 1.57. The molecule has 1 heterocycles. The second-order valence-corrected chi connectivity index (χ2v) is 6.36. The van der Waals surface area contributed by atoms with Gasteiger partial charge in [0.1, 0.15) is 35.5 Å². The summed E-state index contributed by atoms with van der Waals surface area (Å²) in [6.07, 6.45) is 1.22. The SMILES string of the molecule is N#Cc1ccccc1Oc1ccc(-n2ncn(Cc3c(F)cccc3F)c2=O)cc1. The Labute approximate surface area is 169 Å². The van der Waals surface area contributed by atoms with Crippen LogP contribution in [0.2, 0.25) is 0 Å². The summed E-state index contributed by atoms with van der Waals surface area (Å²) < 4.78 is 35.7. The highest BCUT2D eigenvalue weighted by Gasteiger charge is 2.13. The zero-order valence-corrected chi connectivity index (χ0v) is 15.5. The van der Waals surface area contributed by atoms with E-state index in [1.807, 2.05) is 0 Å². The van der Waals surface area contributed by atoms with Crippen molar-refractivity contribution in [3.63, 3.8) is 0 Å². The monoisotopic (exact) mass is 404 g/mol. The van der Waals surface area contributed by atoms with Gasteiger partial charge in [-0.05, 0) is 48.5 Å². The fourth-order valence-corrected chi connectivity index (χ4v) is 2.90. The molecular formula is C22H14F2N4O2. The highest BCUT2D eigenvalue weighted by molar-refractivity contribution is 5.46. The third-order valence-corrected chi connectivity index (χ3v) is 4.44. The molecule has 0 aliphatic rings. The Morgan fingerprint density at radius 1 is 0.967 bits per heavy atom. The van der Waals surface area contributed by atoms with Crippen LogP contribution in [0.25, 0.3) is 5.69 Å². The van der Waals surface area contributed by atoms with Gasteiger partial charge in [0.05, 0.1) is 17.8 Å². The van der Waals surface area contributed by atoms with Crippen molar-refractivity contribution in [1.82, 2.24) is 14.3 Å². The number of rotatable bonds is 5. The summed E-state index contributed by atoms with van der Waals surface area (Å²) >= 11 is 0. The second-order valence-electron chi connectivity index (χ2n) is 6.36. The van der Waals surface area contributed by atoms with Crippen LogP contribution in [-0.4, -0.2) is 14.3 Å². The van der Waals surface area contributed by atoms with Crippen LogP contribution in [-0.2, 0) is 6.54 Å². The number of nitriles is 1. The van der Waals surface area contributed by atoms with Crippen LogP contribution >= 0.6 is 0 Å². The van der Waals surface area contributed by atoms with Crippen LogP contribution in [0.15, 0.2) is 77.9 Å². The van der Waals surface area contributed by atoms with Gasteiger partial charge in [-0.15, -0.1) is 0 Å². The Hall–Kier alpha value is -4.25. The average Bonchev–Trinajstić information content (AvgIpc) is 3.12. The molecule has 3 aromatic carbocycles. The highest BCUT2D eigenvalue weighted by atomic mass is 19.1. The van der Waals surface area contributed by atoms with E-state index in [9.17, 15) is 13.6 Å². The first-order valence-corrected chi connectivity index (χ1v) is 8.91. The van der Waals surface area contributed by atoms with Gasteiger partial charge in [0.15, 0.2) is 0 Å². The lowest BCUT2D eigenvalue weighted by atomic mass is 10.2. The Kier molecular flexibility index (Phi) is 5.09. The first-order chi connectivity index (χ1) is 14.6. The van der Waals surface area contributed by atoms with Gasteiger partial charge in [-0.2, -0.15) is 15.0 Å². The maximum absolute atomic E-state index is 13.9. The molecule has 0 amide bonds. The number of para-hydroxylation sites is 1. The fourth-order valence-electron chi connectivity index (χ4n) is 2.90. The van der Waals surface area contributed by atoms with E-state index >= 15 is 0 Å². The van der Waals surface area contributed by atoms with Gasteiger partial charge in [0, 0.05) is 5.56 Å². The van der Waals surface area contributed by atoms with Gasteiger partial charge in [-0.25, -0.2) is 13.6 Å². The second kappa shape index (κ2) is 8.01. The molecule has 0 N–H and O–H groups in total. The van der Waals surface area contributed by atoms with Crippen LogP contribution in [0.1, 0.15) is 11.1 Å².